The molecule has 1 rings (SSSR count). The van der Waals surface area contributed by atoms with Gasteiger partial charge in [-0.1, -0.05) is 20.8 Å². The Hall–Kier alpha value is -1.51. The third-order valence-corrected chi connectivity index (χ3v) is 2.09. The van der Waals surface area contributed by atoms with E-state index >= 15 is 0 Å². The molecule has 3 heteroatoms. The van der Waals surface area contributed by atoms with Crippen molar-refractivity contribution in [1.82, 2.24) is 0 Å². The van der Waals surface area contributed by atoms with Crippen molar-refractivity contribution in [2.45, 2.75) is 26.2 Å². The number of primary amides is 1. The van der Waals surface area contributed by atoms with Crippen LogP contribution in [0.15, 0.2) is 18.2 Å². The van der Waals surface area contributed by atoms with Crippen LogP contribution < -0.4 is 5.73 Å². The lowest BCUT2D eigenvalue weighted by molar-refractivity contribution is 0.1000. The Morgan fingerprint density at radius 1 is 1.36 bits per heavy atom. The number of amides is 1. The summed E-state index contributed by atoms with van der Waals surface area (Å²) in [5.41, 5.74) is 6.11. The van der Waals surface area contributed by atoms with Gasteiger partial charge in [-0.05, 0) is 23.6 Å². The summed E-state index contributed by atoms with van der Waals surface area (Å²) in [5.74, 6) is -0.280. The van der Waals surface area contributed by atoms with Crippen LogP contribution >= 0.6 is 0 Å². The normalized spacial score (nSPS) is 11.4. The number of phenols is 1. The van der Waals surface area contributed by atoms with E-state index in [9.17, 15) is 9.90 Å². The number of benzene rings is 1. The highest BCUT2D eigenvalue weighted by Gasteiger charge is 2.19. The quantitative estimate of drug-likeness (QED) is 0.714. The van der Waals surface area contributed by atoms with E-state index in [2.05, 4.69) is 0 Å². The zero-order valence-corrected chi connectivity index (χ0v) is 8.66. The smallest absolute Gasteiger partial charge is 0.248 e. The third kappa shape index (κ3) is 2.05. The van der Waals surface area contributed by atoms with E-state index < -0.39 is 5.91 Å². The molecular weight excluding hydrogens is 178 g/mol. The van der Waals surface area contributed by atoms with Crippen LogP contribution in [0, 0.1) is 0 Å². The van der Waals surface area contributed by atoms with E-state index in [4.69, 9.17) is 5.73 Å². The standard InChI is InChI=1S/C11H15NO2/c1-11(2,3)8-6-7(10(12)14)4-5-9(8)13/h4-6,13H,1-3H3,(H2,12,14). The summed E-state index contributed by atoms with van der Waals surface area (Å²) < 4.78 is 0. The number of aromatic hydroxyl groups is 1. The lowest BCUT2D eigenvalue weighted by Gasteiger charge is -2.20. The van der Waals surface area contributed by atoms with Crippen molar-refractivity contribution < 1.29 is 9.90 Å². The molecule has 0 aliphatic heterocycles. The van der Waals surface area contributed by atoms with E-state index in [-0.39, 0.29) is 11.2 Å². The molecule has 0 bridgehead atoms. The second kappa shape index (κ2) is 3.33. The van der Waals surface area contributed by atoms with E-state index in [1.54, 1.807) is 6.07 Å². The fourth-order valence-corrected chi connectivity index (χ4v) is 1.29. The maximum absolute atomic E-state index is 10.9. The summed E-state index contributed by atoms with van der Waals surface area (Å²) in [5, 5.41) is 9.60. The number of carbonyl (C=O) groups excluding carboxylic acids is 1. The van der Waals surface area contributed by atoms with Gasteiger partial charge >= 0.3 is 0 Å². The molecule has 0 atom stereocenters. The Morgan fingerprint density at radius 3 is 2.36 bits per heavy atom. The van der Waals surface area contributed by atoms with Crippen molar-refractivity contribution in [1.29, 1.82) is 0 Å². The summed E-state index contributed by atoms with van der Waals surface area (Å²) >= 11 is 0. The molecule has 3 N–H and O–H groups in total. The van der Waals surface area contributed by atoms with Crippen LogP contribution in [0.25, 0.3) is 0 Å². The maximum atomic E-state index is 10.9. The first-order valence-corrected chi connectivity index (χ1v) is 4.45. The van der Waals surface area contributed by atoms with Gasteiger partial charge in [-0.3, -0.25) is 4.79 Å². The molecule has 0 saturated carbocycles. The second-order valence-electron chi connectivity index (χ2n) is 4.35. The number of hydrogen-bond acceptors (Lipinski definition) is 2. The third-order valence-electron chi connectivity index (χ3n) is 2.09. The van der Waals surface area contributed by atoms with Crippen molar-refractivity contribution in [2.24, 2.45) is 5.73 Å². The average molecular weight is 193 g/mol. The molecule has 0 aromatic heterocycles. The summed E-state index contributed by atoms with van der Waals surface area (Å²) in [6.07, 6.45) is 0. The van der Waals surface area contributed by atoms with Crippen molar-refractivity contribution in [2.75, 3.05) is 0 Å². The number of hydrogen-bond donors (Lipinski definition) is 2. The van der Waals surface area contributed by atoms with Crippen LogP contribution in [-0.4, -0.2) is 11.0 Å². The van der Waals surface area contributed by atoms with E-state index in [1.165, 1.54) is 12.1 Å². The lowest BCUT2D eigenvalue weighted by atomic mass is 9.85. The van der Waals surface area contributed by atoms with Gasteiger partial charge in [0.05, 0.1) is 0 Å². The number of phenolic OH excluding ortho intramolecular Hbond substituents is 1. The highest BCUT2D eigenvalue weighted by Crippen LogP contribution is 2.30. The predicted molar refractivity (Wildman–Crippen MR) is 55.3 cm³/mol. The predicted octanol–water partition coefficient (Wildman–Crippen LogP) is 1.79. The molecule has 1 aromatic carbocycles. The summed E-state index contributed by atoms with van der Waals surface area (Å²) in [7, 11) is 0. The van der Waals surface area contributed by atoms with Gasteiger partial charge in [-0.15, -0.1) is 0 Å². The van der Waals surface area contributed by atoms with Crippen molar-refractivity contribution in [3.8, 4) is 5.75 Å². The molecular formula is C11H15NO2. The zero-order chi connectivity index (χ0) is 10.9. The van der Waals surface area contributed by atoms with Crippen molar-refractivity contribution >= 4 is 5.91 Å². The Balaban J connectivity index is 3.29. The Labute approximate surface area is 83.6 Å². The summed E-state index contributed by atoms with van der Waals surface area (Å²) in [6.45, 7) is 5.90. The minimum atomic E-state index is -0.476. The monoisotopic (exact) mass is 193 g/mol. The molecule has 0 aliphatic rings. The van der Waals surface area contributed by atoms with E-state index in [0.29, 0.717) is 5.56 Å². The number of rotatable bonds is 1. The first-order valence-electron chi connectivity index (χ1n) is 4.45. The Kier molecular flexibility index (Phi) is 2.51. The van der Waals surface area contributed by atoms with Gasteiger partial charge in [0.25, 0.3) is 0 Å². The van der Waals surface area contributed by atoms with Gasteiger partial charge in [0.2, 0.25) is 5.91 Å². The van der Waals surface area contributed by atoms with Crippen LogP contribution in [0.3, 0.4) is 0 Å². The zero-order valence-electron chi connectivity index (χ0n) is 8.66. The fourth-order valence-electron chi connectivity index (χ4n) is 1.29. The van der Waals surface area contributed by atoms with Gasteiger partial charge in [-0.2, -0.15) is 0 Å². The molecule has 0 fully saturated rings. The van der Waals surface area contributed by atoms with Gasteiger partial charge < -0.3 is 10.8 Å². The van der Waals surface area contributed by atoms with E-state index in [1.807, 2.05) is 20.8 Å². The van der Waals surface area contributed by atoms with Crippen LogP contribution in [0.4, 0.5) is 0 Å². The second-order valence-corrected chi connectivity index (χ2v) is 4.35. The van der Waals surface area contributed by atoms with Crippen molar-refractivity contribution in [3.05, 3.63) is 29.3 Å². The molecule has 0 heterocycles. The summed E-state index contributed by atoms with van der Waals surface area (Å²) in [6, 6.07) is 4.66. The maximum Gasteiger partial charge on any atom is 0.248 e. The topological polar surface area (TPSA) is 63.3 Å². The van der Waals surface area contributed by atoms with Crippen molar-refractivity contribution in [3.63, 3.8) is 0 Å². The minimum Gasteiger partial charge on any atom is -0.508 e. The van der Waals surface area contributed by atoms with Crippen LogP contribution in [0.1, 0.15) is 36.7 Å². The van der Waals surface area contributed by atoms with Crippen LogP contribution in [0.5, 0.6) is 5.75 Å². The highest BCUT2D eigenvalue weighted by molar-refractivity contribution is 5.93. The van der Waals surface area contributed by atoms with Crippen LogP contribution in [-0.2, 0) is 5.41 Å². The molecule has 0 unspecified atom stereocenters. The highest BCUT2D eigenvalue weighted by atomic mass is 16.3. The number of carbonyl (C=O) groups is 1. The SMILES string of the molecule is CC(C)(C)c1cc(C(N)=O)ccc1O. The molecule has 0 saturated heterocycles. The molecule has 1 aromatic rings. The molecule has 14 heavy (non-hydrogen) atoms. The minimum absolute atomic E-state index is 0.197. The number of nitrogens with two attached hydrogens (primary N) is 1. The molecule has 0 radical (unpaired) electrons. The van der Waals surface area contributed by atoms with Gasteiger partial charge in [0, 0.05) is 11.1 Å². The Bertz CT molecular complexity index is 364. The van der Waals surface area contributed by atoms with Crippen LogP contribution in [0.2, 0.25) is 0 Å². The van der Waals surface area contributed by atoms with Gasteiger partial charge in [0.1, 0.15) is 5.75 Å². The molecule has 0 spiro atoms. The van der Waals surface area contributed by atoms with Gasteiger partial charge in [-0.25, -0.2) is 0 Å². The molecule has 3 nitrogen and oxygen atoms in total. The lowest BCUT2D eigenvalue weighted by Crippen LogP contribution is -2.15. The molecule has 0 aliphatic carbocycles. The Morgan fingerprint density at radius 2 is 1.93 bits per heavy atom. The average Bonchev–Trinajstić information content (AvgIpc) is 2.02. The van der Waals surface area contributed by atoms with Gasteiger partial charge in [0.15, 0.2) is 0 Å². The fraction of sp³-hybridized carbons (Fsp3) is 0.364. The first kappa shape index (κ1) is 10.6. The first-order chi connectivity index (χ1) is 6.32. The summed E-state index contributed by atoms with van der Waals surface area (Å²) in [4.78, 5) is 10.9. The largest absolute Gasteiger partial charge is 0.508 e. The molecule has 1 amide bonds. The molecule has 76 valence electrons. The van der Waals surface area contributed by atoms with E-state index in [0.717, 1.165) is 5.56 Å².